The number of hydrogen-bond acceptors (Lipinski definition) is 4. The summed E-state index contributed by atoms with van der Waals surface area (Å²) in [5, 5.41) is 1.77. The number of allylic oxidation sites excluding steroid dienone is 2. The minimum atomic E-state index is -0.495. The SMILES string of the molecule is O=C(OCC(=O)N(Cc1ccco1)C1=CCCCC1)c1cccc2ccccc12. The van der Waals surface area contributed by atoms with E-state index in [-0.39, 0.29) is 12.5 Å². The third-order valence-corrected chi connectivity index (χ3v) is 5.15. The van der Waals surface area contributed by atoms with Crippen LogP contribution in [0.15, 0.2) is 77.1 Å². The number of carbonyl (C=O) groups is 2. The zero-order chi connectivity index (χ0) is 20.1. The second-order valence-corrected chi connectivity index (χ2v) is 7.10. The molecule has 29 heavy (non-hydrogen) atoms. The van der Waals surface area contributed by atoms with E-state index in [1.165, 1.54) is 0 Å². The largest absolute Gasteiger partial charge is 0.467 e. The fraction of sp³-hybridized carbons (Fsp3) is 0.250. The van der Waals surface area contributed by atoms with Gasteiger partial charge in [0.25, 0.3) is 5.91 Å². The Hall–Kier alpha value is -3.34. The maximum Gasteiger partial charge on any atom is 0.339 e. The number of fused-ring (bicyclic) bond motifs is 1. The van der Waals surface area contributed by atoms with Gasteiger partial charge >= 0.3 is 5.97 Å². The minimum absolute atomic E-state index is 0.247. The molecule has 0 radical (unpaired) electrons. The van der Waals surface area contributed by atoms with Crippen molar-refractivity contribution in [3.63, 3.8) is 0 Å². The van der Waals surface area contributed by atoms with E-state index < -0.39 is 5.97 Å². The molecule has 1 aliphatic rings. The third kappa shape index (κ3) is 4.40. The minimum Gasteiger partial charge on any atom is -0.467 e. The smallest absolute Gasteiger partial charge is 0.339 e. The molecule has 0 N–H and O–H groups in total. The number of rotatable bonds is 6. The Kier molecular flexibility index (Phi) is 5.75. The van der Waals surface area contributed by atoms with Crippen LogP contribution in [0.2, 0.25) is 0 Å². The molecular formula is C24H23NO4. The number of benzene rings is 2. The lowest BCUT2D eigenvalue weighted by Crippen LogP contribution is -2.34. The van der Waals surface area contributed by atoms with Crippen LogP contribution in [0, 0.1) is 0 Å². The molecule has 4 rings (SSSR count). The summed E-state index contributed by atoms with van der Waals surface area (Å²) in [5.74, 6) is -0.0425. The molecule has 0 aliphatic heterocycles. The number of hydrogen-bond donors (Lipinski definition) is 0. The maximum absolute atomic E-state index is 12.9. The van der Waals surface area contributed by atoms with Crippen molar-refractivity contribution in [2.24, 2.45) is 0 Å². The Bertz CT molecular complexity index is 1030. The molecule has 1 amide bonds. The lowest BCUT2D eigenvalue weighted by molar-refractivity contribution is -0.133. The Balaban J connectivity index is 1.48. The highest BCUT2D eigenvalue weighted by atomic mass is 16.5. The zero-order valence-corrected chi connectivity index (χ0v) is 16.2. The average molecular weight is 389 g/mol. The highest BCUT2D eigenvalue weighted by molar-refractivity contribution is 6.04. The lowest BCUT2D eigenvalue weighted by Gasteiger charge is -2.27. The van der Waals surface area contributed by atoms with Crippen molar-refractivity contribution in [1.82, 2.24) is 4.90 Å². The molecule has 0 bridgehead atoms. The topological polar surface area (TPSA) is 59.8 Å². The first-order valence-electron chi connectivity index (χ1n) is 9.89. The van der Waals surface area contributed by atoms with Crippen LogP contribution in [0.4, 0.5) is 0 Å². The Morgan fingerprint density at radius 2 is 1.86 bits per heavy atom. The molecule has 5 nitrogen and oxygen atoms in total. The van der Waals surface area contributed by atoms with Crippen LogP contribution in [0.25, 0.3) is 10.8 Å². The lowest BCUT2D eigenvalue weighted by atomic mass is 10.0. The summed E-state index contributed by atoms with van der Waals surface area (Å²) in [4.78, 5) is 27.3. The zero-order valence-electron chi connectivity index (χ0n) is 16.2. The van der Waals surface area contributed by atoms with Crippen molar-refractivity contribution < 1.29 is 18.7 Å². The Morgan fingerprint density at radius 3 is 2.66 bits per heavy atom. The predicted molar refractivity (Wildman–Crippen MR) is 110 cm³/mol. The molecular weight excluding hydrogens is 366 g/mol. The van der Waals surface area contributed by atoms with Crippen LogP contribution in [0.3, 0.4) is 0 Å². The van der Waals surface area contributed by atoms with E-state index in [0.717, 1.165) is 42.2 Å². The fourth-order valence-electron chi connectivity index (χ4n) is 3.66. The van der Waals surface area contributed by atoms with Gasteiger partial charge in [-0.2, -0.15) is 0 Å². The van der Waals surface area contributed by atoms with Crippen LogP contribution < -0.4 is 0 Å². The van der Waals surface area contributed by atoms with Gasteiger partial charge < -0.3 is 14.1 Å². The molecule has 0 saturated carbocycles. The third-order valence-electron chi connectivity index (χ3n) is 5.15. The van der Waals surface area contributed by atoms with E-state index in [4.69, 9.17) is 9.15 Å². The second kappa shape index (κ2) is 8.78. The van der Waals surface area contributed by atoms with Gasteiger partial charge in [-0.3, -0.25) is 4.79 Å². The van der Waals surface area contributed by atoms with Crippen molar-refractivity contribution in [2.45, 2.75) is 32.2 Å². The number of nitrogens with zero attached hydrogens (tertiary/aromatic N) is 1. The van der Waals surface area contributed by atoms with Crippen molar-refractivity contribution in [2.75, 3.05) is 6.61 Å². The van der Waals surface area contributed by atoms with E-state index in [0.29, 0.717) is 17.9 Å². The van der Waals surface area contributed by atoms with E-state index >= 15 is 0 Å². The van der Waals surface area contributed by atoms with E-state index in [2.05, 4.69) is 6.08 Å². The average Bonchev–Trinajstić information content (AvgIpc) is 3.29. The molecule has 2 aromatic carbocycles. The molecule has 0 saturated heterocycles. The number of carbonyl (C=O) groups excluding carboxylic acids is 2. The predicted octanol–water partition coefficient (Wildman–Crippen LogP) is 5.08. The van der Waals surface area contributed by atoms with Crippen LogP contribution in [-0.2, 0) is 16.1 Å². The van der Waals surface area contributed by atoms with Crippen LogP contribution in [-0.4, -0.2) is 23.4 Å². The number of ether oxygens (including phenoxy) is 1. The van der Waals surface area contributed by atoms with Gasteiger partial charge in [-0.1, -0.05) is 42.5 Å². The maximum atomic E-state index is 12.9. The van der Waals surface area contributed by atoms with E-state index in [9.17, 15) is 9.59 Å². The molecule has 1 heterocycles. The van der Waals surface area contributed by atoms with E-state index in [1.54, 1.807) is 23.3 Å². The van der Waals surface area contributed by atoms with Crippen molar-refractivity contribution >= 4 is 22.6 Å². The number of amides is 1. The van der Waals surface area contributed by atoms with Gasteiger partial charge in [-0.25, -0.2) is 4.79 Å². The van der Waals surface area contributed by atoms with Gasteiger partial charge in [-0.15, -0.1) is 0 Å². The highest BCUT2D eigenvalue weighted by Crippen LogP contribution is 2.24. The van der Waals surface area contributed by atoms with Crippen LogP contribution >= 0.6 is 0 Å². The molecule has 1 aromatic heterocycles. The monoisotopic (exact) mass is 389 g/mol. The molecule has 0 unspecified atom stereocenters. The highest BCUT2D eigenvalue weighted by Gasteiger charge is 2.23. The van der Waals surface area contributed by atoms with E-state index in [1.807, 2.05) is 42.5 Å². The second-order valence-electron chi connectivity index (χ2n) is 7.10. The quantitative estimate of drug-likeness (QED) is 0.552. The number of furan rings is 1. The number of esters is 1. The Morgan fingerprint density at radius 1 is 1.00 bits per heavy atom. The molecule has 0 fully saturated rings. The molecule has 0 spiro atoms. The summed E-state index contributed by atoms with van der Waals surface area (Å²) in [6.45, 7) is 0.0313. The summed E-state index contributed by atoms with van der Waals surface area (Å²) >= 11 is 0. The first kappa shape index (κ1) is 19.0. The van der Waals surface area contributed by atoms with Crippen molar-refractivity contribution in [3.05, 3.63) is 84.0 Å². The van der Waals surface area contributed by atoms with Crippen LogP contribution in [0.1, 0.15) is 41.8 Å². The summed E-state index contributed by atoms with van der Waals surface area (Å²) < 4.78 is 10.8. The summed E-state index contributed by atoms with van der Waals surface area (Å²) in [7, 11) is 0. The van der Waals surface area contributed by atoms with Gasteiger partial charge in [0.05, 0.1) is 18.4 Å². The van der Waals surface area contributed by atoms with Gasteiger partial charge in [0.1, 0.15) is 5.76 Å². The van der Waals surface area contributed by atoms with Crippen LogP contribution in [0.5, 0.6) is 0 Å². The van der Waals surface area contributed by atoms with Gasteiger partial charge in [0.2, 0.25) is 0 Å². The Labute approximate surface area is 169 Å². The molecule has 3 aromatic rings. The van der Waals surface area contributed by atoms with Gasteiger partial charge in [-0.05, 0) is 54.7 Å². The first-order chi connectivity index (χ1) is 14.2. The molecule has 148 valence electrons. The molecule has 5 heteroatoms. The van der Waals surface area contributed by atoms with Crippen molar-refractivity contribution in [3.8, 4) is 0 Å². The molecule has 1 aliphatic carbocycles. The summed E-state index contributed by atoms with van der Waals surface area (Å²) in [5.41, 5.74) is 1.43. The summed E-state index contributed by atoms with van der Waals surface area (Å²) in [6.07, 6.45) is 7.65. The van der Waals surface area contributed by atoms with Gasteiger partial charge in [0.15, 0.2) is 6.61 Å². The normalized spacial score (nSPS) is 13.7. The first-order valence-corrected chi connectivity index (χ1v) is 9.89. The van der Waals surface area contributed by atoms with Crippen molar-refractivity contribution in [1.29, 1.82) is 0 Å². The fourth-order valence-corrected chi connectivity index (χ4v) is 3.66. The summed E-state index contributed by atoms with van der Waals surface area (Å²) in [6, 6.07) is 16.7. The van der Waals surface area contributed by atoms with Gasteiger partial charge in [0, 0.05) is 5.70 Å². The standard InChI is InChI=1S/C24H23NO4/c26-23(25(16-20-12-7-15-28-20)19-10-2-1-3-11-19)17-29-24(27)22-14-6-9-18-8-4-5-13-21(18)22/h4-10,12-15H,1-3,11,16-17H2. The molecule has 0 atom stereocenters.